The Labute approximate surface area is 156 Å². The van der Waals surface area contributed by atoms with Crippen molar-refractivity contribution in [3.05, 3.63) is 40.5 Å². The number of hydrogen-bond acceptors (Lipinski definition) is 6. The zero-order valence-electron chi connectivity index (χ0n) is 14.4. The van der Waals surface area contributed by atoms with E-state index in [2.05, 4.69) is 15.0 Å². The number of rotatable bonds is 2. The molecule has 134 valence electrons. The molecule has 0 atom stereocenters. The first-order valence-electron chi connectivity index (χ1n) is 8.20. The minimum atomic E-state index is -0.616. The van der Waals surface area contributed by atoms with Crippen molar-refractivity contribution in [3.63, 3.8) is 0 Å². The van der Waals surface area contributed by atoms with Gasteiger partial charge in [0.15, 0.2) is 5.65 Å². The number of H-pyrrole nitrogens is 1. The number of primary amides is 1. The van der Waals surface area contributed by atoms with E-state index in [0.717, 1.165) is 16.1 Å². The molecule has 4 aromatic heterocycles. The van der Waals surface area contributed by atoms with Crippen LogP contribution in [-0.2, 0) is 0 Å². The van der Waals surface area contributed by atoms with E-state index in [1.165, 1.54) is 11.3 Å². The van der Waals surface area contributed by atoms with Crippen LogP contribution in [0.3, 0.4) is 0 Å². The third-order valence-corrected chi connectivity index (χ3v) is 5.45. The minimum Gasteiger partial charge on any atom is -0.506 e. The van der Waals surface area contributed by atoms with Gasteiger partial charge in [-0.1, -0.05) is 6.07 Å². The number of thiazole rings is 1. The predicted molar refractivity (Wildman–Crippen MR) is 103 cm³/mol. The van der Waals surface area contributed by atoms with Gasteiger partial charge in [-0.15, -0.1) is 11.3 Å². The molecule has 0 saturated heterocycles. The van der Waals surface area contributed by atoms with Crippen LogP contribution in [0, 0.1) is 13.8 Å². The molecule has 4 heterocycles. The van der Waals surface area contributed by atoms with Crippen LogP contribution in [0.15, 0.2) is 23.7 Å². The number of carbonyl (C=O) groups excluding carboxylic acids is 1. The number of nitrogens with two attached hydrogens (primary N) is 1. The quantitative estimate of drug-likeness (QED) is 0.436. The van der Waals surface area contributed by atoms with Crippen molar-refractivity contribution in [3.8, 4) is 16.5 Å². The average molecular weight is 378 g/mol. The van der Waals surface area contributed by atoms with Gasteiger partial charge in [-0.2, -0.15) is 0 Å². The summed E-state index contributed by atoms with van der Waals surface area (Å²) >= 11 is 1.45. The maximum Gasteiger partial charge on any atom is 0.254 e. The summed E-state index contributed by atoms with van der Waals surface area (Å²) in [5, 5.41) is 12.8. The molecule has 1 amide bonds. The van der Waals surface area contributed by atoms with Crippen molar-refractivity contribution in [1.29, 1.82) is 0 Å². The maximum atomic E-state index is 12.3. The van der Waals surface area contributed by atoms with Gasteiger partial charge in [0.05, 0.1) is 11.2 Å². The van der Waals surface area contributed by atoms with Crippen molar-refractivity contribution in [1.82, 2.24) is 24.3 Å². The van der Waals surface area contributed by atoms with E-state index >= 15 is 0 Å². The minimum absolute atomic E-state index is 0.0898. The molecule has 0 bridgehead atoms. The number of hydrogen-bond donors (Lipinski definition) is 3. The number of aromatic nitrogens is 5. The van der Waals surface area contributed by atoms with E-state index in [1.807, 2.05) is 25.3 Å². The summed E-state index contributed by atoms with van der Waals surface area (Å²) in [5.74, 6) is -0.526. The molecule has 0 aliphatic carbocycles. The average Bonchev–Trinajstić information content (AvgIpc) is 3.32. The molecule has 0 aliphatic rings. The molecule has 5 aromatic rings. The number of fused-ring (bicyclic) bond motifs is 5. The lowest BCUT2D eigenvalue weighted by atomic mass is 10.2. The van der Waals surface area contributed by atoms with Crippen LogP contribution < -0.4 is 5.73 Å². The largest absolute Gasteiger partial charge is 0.506 e. The van der Waals surface area contributed by atoms with Gasteiger partial charge in [-0.3, -0.25) is 9.20 Å². The number of amides is 1. The fourth-order valence-corrected chi connectivity index (χ4v) is 4.17. The number of aromatic amines is 1. The Morgan fingerprint density at radius 1 is 1.30 bits per heavy atom. The second-order valence-corrected chi connectivity index (χ2v) is 7.24. The summed E-state index contributed by atoms with van der Waals surface area (Å²) in [5.41, 5.74) is 10.8. The monoisotopic (exact) mass is 378 g/mol. The Balaban J connectivity index is 2.02. The molecule has 0 saturated carbocycles. The van der Waals surface area contributed by atoms with E-state index in [-0.39, 0.29) is 11.3 Å². The van der Waals surface area contributed by atoms with E-state index in [4.69, 9.17) is 10.7 Å². The van der Waals surface area contributed by atoms with Crippen molar-refractivity contribution >= 4 is 45.1 Å². The third-order valence-electron chi connectivity index (χ3n) is 4.67. The molecule has 9 heteroatoms. The third kappa shape index (κ3) is 2.02. The molecular formula is C18H14N6O2S. The van der Waals surface area contributed by atoms with Crippen LogP contribution >= 0.6 is 11.3 Å². The summed E-state index contributed by atoms with van der Waals surface area (Å²) in [6.07, 6.45) is 1.70. The predicted octanol–water partition coefficient (Wildman–Crippen LogP) is 2.91. The van der Waals surface area contributed by atoms with Gasteiger partial charge in [0, 0.05) is 11.6 Å². The topological polar surface area (TPSA) is 122 Å². The summed E-state index contributed by atoms with van der Waals surface area (Å²) in [6.45, 7) is 3.78. The summed E-state index contributed by atoms with van der Waals surface area (Å²) in [6, 6.07) is 3.42. The first-order valence-corrected chi connectivity index (χ1v) is 9.08. The van der Waals surface area contributed by atoms with Crippen LogP contribution in [0.4, 0.5) is 0 Å². The number of phenols is 1. The molecule has 1 aromatic carbocycles. The van der Waals surface area contributed by atoms with Gasteiger partial charge in [-0.05, 0) is 25.5 Å². The van der Waals surface area contributed by atoms with Crippen molar-refractivity contribution < 1.29 is 9.90 Å². The number of aryl methyl sites for hydroxylation is 2. The van der Waals surface area contributed by atoms with Gasteiger partial charge in [-0.25, -0.2) is 15.0 Å². The van der Waals surface area contributed by atoms with Gasteiger partial charge < -0.3 is 15.8 Å². The molecule has 27 heavy (non-hydrogen) atoms. The van der Waals surface area contributed by atoms with Gasteiger partial charge in [0.2, 0.25) is 0 Å². The van der Waals surface area contributed by atoms with Gasteiger partial charge in [0.25, 0.3) is 5.91 Å². The molecule has 0 unspecified atom stereocenters. The highest BCUT2D eigenvalue weighted by atomic mass is 32.1. The molecule has 8 nitrogen and oxygen atoms in total. The molecular weight excluding hydrogens is 364 g/mol. The second kappa shape index (κ2) is 5.27. The lowest BCUT2D eigenvalue weighted by Crippen LogP contribution is -2.11. The van der Waals surface area contributed by atoms with Crippen LogP contribution in [0.2, 0.25) is 0 Å². The first-order chi connectivity index (χ1) is 13.0. The summed E-state index contributed by atoms with van der Waals surface area (Å²) < 4.78 is 1.80. The Morgan fingerprint density at radius 3 is 2.81 bits per heavy atom. The standard InChI is InChI=1S/C18H14N6O2S/c1-7-3-4-9(25)12-14(7)24-16(23-12)10(15(19)26)13-17(24)21-8(2)11(22-13)18-20-5-6-27-18/h3-6,23,25H,1-2H3,(H2,19,26). The Bertz CT molecular complexity index is 1380. The van der Waals surface area contributed by atoms with E-state index < -0.39 is 5.91 Å². The highest BCUT2D eigenvalue weighted by molar-refractivity contribution is 7.13. The number of aromatic hydroxyl groups is 1. The zero-order valence-corrected chi connectivity index (χ0v) is 15.3. The first kappa shape index (κ1) is 15.8. The van der Waals surface area contributed by atoms with Gasteiger partial charge in [0.1, 0.15) is 38.7 Å². The molecule has 5 rings (SSSR count). The van der Waals surface area contributed by atoms with E-state index in [9.17, 15) is 9.90 Å². The van der Waals surface area contributed by atoms with E-state index in [1.54, 1.807) is 16.7 Å². The number of nitrogens with zero attached hydrogens (tertiary/aromatic N) is 4. The number of nitrogens with one attached hydrogen (secondary N) is 1. The zero-order chi connectivity index (χ0) is 18.9. The maximum absolute atomic E-state index is 12.3. The SMILES string of the molecule is Cc1nc2c(nc1-c1nccs1)c(C(N)=O)c1[nH]c3c(O)ccc(C)c3n12. The molecule has 0 aliphatic heterocycles. The van der Waals surface area contributed by atoms with Crippen molar-refractivity contribution in [2.75, 3.05) is 0 Å². The lowest BCUT2D eigenvalue weighted by Gasteiger charge is -2.04. The molecule has 0 radical (unpaired) electrons. The number of carbonyl (C=O) groups is 1. The fourth-order valence-electron chi connectivity index (χ4n) is 3.49. The van der Waals surface area contributed by atoms with Crippen molar-refractivity contribution in [2.24, 2.45) is 5.73 Å². The fraction of sp³-hybridized carbons (Fsp3) is 0.111. The Kier molecular flexibility index (Phi) is 3.08. The van der Waals surface area contributed by atoms with Crippen LogP contribution in [0.5, 0.6) is 5.75 Å². The van der Waals surface area contributed by atoms with Crippen LogP contribution in [0.1, 0.15) is 21.6 Å². The van der Waals surface area contributed by atoms with E-state index in [0.29, 0.717) is 33.7 Å². The summed E-state index contributed by atoms with van der Waals surface area (Å²) in [4.78, 5) is 29.1. The highest BCUT2D eigenvalue weighted by Gasteiger charge is 2.25. The smallest absolute Gasteiger partial charge is 0.254 e. The van der Waals surface area contributed by atoms with Gasteiger partial charge >= 0.3 is 0 Å². The normalized spacial score (nSPS) is 11.8. The molecule has 0 fully saturated rings. The molecule has 0 spiro atoms. The lowest BCUT2D eigenvalue weighted by molar-refractivity contribution is 0.100. The Hall–Kier alpha value is -3.46. The highest BCUT2D eigenvalue weighted by Crippen LogP contribution is 2.35. The van der Waals surface area contributed by atoms with Crippen LogP contribution in [0.25, 0.3) is 38.5 Å². The van der Waals surface area contributed by atoms with Crippen LogP contribution in [-0.4, -0.2) is 35.4 Å². The molecule has 4 N–H and O–H groups in total. The number of phenolic OH excluding ortho intramolecular Hbond substituents is 1. The Morgan fingerprint density at radius 2 is 2.11 bits per heavy atom. The summed E-state index contributed by atoms with van der Waals surface area (Å²) in [7, 11) is 0. The number of imidazole rings is 1. The second-order valence-electron chi connectivity index (χ2n) is 6.34. The number of benzene rings is 1. The van der Waals surface area contributed by atoms with Crippen molar-refractivity contribution in [2.45, 2.75) is 13.8 Å².